The van der Waals surface area contributed by atoms with Gasteiger partial charge in [0.1, 0.15) is 12.1 Å². The molecule has 4 nitrogen and oxygen atoms in total. The standard InChI is InChI=1S/C11H12BrN3O/c12-11-2-1-10(16-11)3-4-13-5-9-6-14-8-15-7-9/h1-2,6-8,13H,3-5H2. The van der Waals surface area contributed by atoms with Gasteiger partial charge in [-0.15, -0.1) is 0 Å². The van der Waals surface area contributed by atoms with Gasteiger partial charge in [0.25, 0.3) is 0 Å². The second-order valence-electron chi connectivity index (χ2n) is 3.38. The van der Waals surface area contributed by atoms with Gasteiger partial charge in [0.2, 0.25) is 0 Å². The molecule has 0 spiro atoms. The molecule has 0 radical (unpaired) electrons. The van der Waals surface area contributed by atoms with Crippen molar-refractivity contribution in [3.05, 3.63) is 46.8 Å². The van der Waals surface area contributed by atoms with E-state index in [0.29, 0.717) is 0 Å². The van der Waals surface area contributed by atoms with Gasteiger partial charge in [0.15, 0.2) is 4.67 Å². The zero-order valence-corrected chi connectivity index (χ0v) is 10.3. The van der Waals surface area contributed by atoms with Crippen molar-refractivity contribution >= 4 is 15.9 Å². The van der Waals surface area contributed by atoms with Crippen LogP contribution in [-0.4, -0.2) is 16.5 Å². The van der Waals surface area contributed by atoms with Crippen LogP contribution in [0.25, 0.3) is 0 Å². The van der Waals surface area contributed by atoms with Crippen LogP contribution in [0.2, 0.25) is 0 Å². The third-order valence-electron chi connectivity index (χ3n) is 2.12. The minimum Gasteiger partial charge on any atom is -0.454 e. The van der Waals surface area contributed by atoms with Gasteiger partial charge in [0, 0.05) is 37.5 Å². The van der Waals surface area contributed by atoms with Gasteiger partial charge in [-0.2, -0.15) is 0 Å². The normalized spacial score (nSPS) is 10.6. The van der Waals surface area contributed by atoms with Crippen molar-refractivity contribution in [3.63, 3.8) is 0 Å². The molecule has 16 heavy (non-hydrogen) atoms. The van der Waals surface area contributed by atoms with Crippen LogP contribution in [-0.2, 0) is 13.0 Å². The Bertz CT molecular complexity index is 430. The Kier molecular flexibility index (Phi) is 4.07. The minimum atomic E-state index is 0.777. The summed E-state index contributed by atoms with van der Waals surface area (Å²) >= 11 is 3.27. The van der Waals surface area contributed by atoms with Crippen LogP contribution in [0, 0.1) is 0 Å². The molecule has 0 saturated carbocycles. The fourth-order valence-electron chi connectivity index (χ4n) is 1.35. The lowest BCUT2D eigenvalue weighted by molar-refractivity contribution is 0.479. The van der Waals surface area contributed by atoms with Crippen molar-refractivity contribution in [2.45, 2.75) is 13.0 Å². The maximum Gasteiger partial charge on any atom is 0.169 e. The van der Waals surface area contributed by atoms with Gasteiger partial charge in [-0.3, -0.25) is 0 Å². The van der Waals surface area contributed by atoms with E-state index in [1.165, 1.54) is 6.33 Å². The van der Waals surface area contributed by atoms with Crippen molar-refractivity contribution in [3.8, 4) is 0 Å². The van der Waals surface area contributed by atoms with Crippen molar-refractivity contribution in [2.24, 2.45) is 0 Å². The molecule has 0 atom stereocenters. The molecule has 2 aromatic heterocycles. The Hall–Kier alpha value is -1.20. The van der Waals surface area contributed by atoms with Gasteiger partial charge in [-0.25, -0.2) is 9.97 Å². The molecule has 2 aromatic rings. The van der Waals surface area contributed by atoms with Gasteiger partial charge < -0.3 is 9.73 Å². The molecule has 5 heteroatoms. The zero-order valence-electron chi connectivity index (χ0n) is 8.69. The Balaban J connectivity index is 1.69. The summed E-state index contributed by atoms with van der Waals surface area (Å²) in [5, 5.41) is 3.30. The molecule has 0 fully saturated rings. The van der Waals surface area contributed by atoms with Gasteiger partial charge in [0.05, 0.1) is 0 Å². The van der Waals surface area contributed by atoms with Crippen molar-refractivity contribution < 1.29 is 4.42 Å². The first-order valence-electron chi connectivity index (χ1n) is 5.03. The van der Waals surface area contributed by atoms with E-state index in [4.69, 9.17) is 4.42 Å². The molecule has 0 aliphatic rings. The Morgan fingerprint density at radius 2 is 2.06 bits per heavy atom. The molecular formula is C11H12BrN3O. The molecule has 2 rings (SSSR count). The molecule has 2 heterocycles. The molecule has 0 amide bonds. The first-order valence-corrected chi connectivity index (χ1v) is 5.83. The molecule has 0 saturated heterocycles. The molecule has 0 bridgehead atoms. The SMILES string of the molecule is Brc1ccc(CCNCc2cncnc2)o1. The molecular weight excluding hydrogens is 270 g/mol. The lowest BCUT2D eigenvalue weighted by Crippen LogP contribution is -2.16. The highest BCUT2D eigenvalue weighted by Crippen LogP contribution is 2.13. The summed E-state index contributed by atoms with van der Waals surface area (Å²) < 4.78 is 6.16. The highest BCUT2D eigenvalue weighted by Gasteiger charge is 1.99. The highest BCUT2D eigenvalue weighted by atomic mass is 79.9. The van der Waals surface area contributed by atoms with E-state index in [9.17, 15) is 0 Å². The van der Waals surface area contributed by atoms with Crippen LogP contribution in [0.4, 0.5) is 0 Å². The number of rotatable bonds is 5. The fraction of sp³-hybridized carbons (Fsp3) is 0.273. The quantitative estimate of drug-likeness (QED) is 0.854. The third-order valence-corrected chi connectivity index (χ3v) is 2.55. The van der Waals surface area contributed by atoms with Crippen molar-refractivity contribution in [1.29, 1.82) is 0 Å². The van der Waals surface area contributed by atoms with Crippen LogP contribution in [0.1, 0.15) is 11.3 Å². The Labute approximate surface area is 102 Å². The predicted octanol–water partition coefficient (Wildman–Crippen LogP) is 2.16. The third kappa shape index (κ3) is 3.43. The second kappa shape index (κ2) is 5.77. The fourth-order valence-corrected chi connectivity index (χ4v) is 1.69. The molecule has 84 valence electrons. The van der Waals surface area contributed by atoms with Gasteiger partial charge in [-0.1, -0.05) is 0 Å². The number of nitrogens with one attached hydrogen (secondary N) is 1. The second-order valence-corrected chi connectivity index (χ2v) is 4.16. The summed E-state index contributed by atoms with van der Waals surface area (Å²) in [6.07, 6.45) is 6.02. The van der Waals surface area contributed by atoms with Gasteiger partial charge >= 0.3 is 0 Å². The van der Waals surface area contributed by atoms with Crippen LogP contribution in [0.5, 0.6) is 0 Å². The van der Waals surface area contributed by atoms with E-state index in [0.717, 1.165) is 35.5 Å². The van der Waals surface area contributed by atoms with Crippen molar-refractivity contribution in [2.75, 3.05) is 6.54 Å². The number of hydrogen-bond donors (Lipinski definition) is 1. The number of hydrogen-bond acceptors (Lipinski definition) is 4. The number of aromatic nitrogens is 2. The summed E-state index contributed by atoms with van der Waals surface area (Å²) in [4.78, 5) is 7.90. The van der Waals surface area contributed by atoms with E-state index in [-0.39, 0.29) is 0 Å². The Morgan fingerprint density at radius 3 is 2.75 bits per heavy atom. The average Bonchev–Trinajstić information content (AvgIpc) is 2.72. The van der Waals surface area contributed by atoms with Crippen LogP contribution in [0.15, 0.2) is 39.9 Å². The van der Waals surface area contributed by atoms with Crippen molar-refractivity contribution in [1.82, 2.24) is 15.3 Å². The van der Waals surface area contributed by atoms with E-state index in [1.54, 1.807) is 0 Å². The van der Waals surface area contributed by atoms with Gasteiger partial charge in [-0.05, 0) is 28.1 Å². The summed E-state index contributed by atoms with van der Waals surface area (Å²) in [7, 11) is 0. The predicted molar refractivity (Wildman–Crippen MR) is 63.9 cm³/mol. The van der Waals surface area contributed by atoms with Crippen LogP contribution in [0.3, 0.4) is 0 Å². The Morgan fingerprint density at radius 1 is 1.25 bits per heavy atom. The maximum absolute atomic E-state index is 5.39. The number of nitrogens with zero attached hydrogens (tertiary/aromatic N) is 2. The first-order chi connectivity index (χ1) is 7.84. The highest BCUT2D eigenvalue weighted by molar-refractivity contribution is 9.10. The van der Waals surface area contributed by atoms with Crippen LogP contribution >= 0.6 is 15.9 Å². The summed E-state index contributed by atoms with van der Waals surface area (Å²) in [5.74, 6) is 0.976. The summed E-state index contributed by atoms with van der Waals surface area (Å²) in [6.45, 7) is 1.65. The topological polar surface area (TPSA) is 51.0 Å². The van der Waals surface area contributed by atoms with E-state index < -0.39 is 0 Å². The maximum atomic E-state index is 5.39. The number of halogens is 1. The van der Waals surface area contributed by atoms with Crippen LogP contribution < -0.4 is 5.32 Å². The summed E-state index contributed by atoms with van der Waals surface area (Å²) in [5.41, 5.74) is 1.09. The molecule has 1 N–H and O–H groups in total. The summed E-state index contributed by atoms with van der Waals surface area (Å²) in [6, 6.07) is 3.87. The molecule has 0 unspecified atom stereocenters. The molecule has 0 aromatic carbocycles. The lowest BCUT2D eigenvalue weighted by atomic mass is 10.3. The minimum absolute atomic E-state index is 0.777. The lowest BCUT2D eigenvalue weighted by Gasteiger charge is -2.02. The number of furan rings is 1. The average molecular weight is 282 g/mol. The largest absolute Gasteiger partial charge is 0.454 e. The monoisotopic (exact) mass is 281 g/mol. The van der Waals surface area contributed by atoms with E-state index in [2.05, 4.69) is 31.2 Å². The van der Waals surface area contributed by atoms with E-state index in [1.807, 2.05) is 24.5 Å². The molecule has 0 aliphatic carbocycles. The first kappa shape index (κ1) is 11.3. The zero-order chi connectivity index (χ0) is 11.2. The van der Waals surface area contributed by atoms with E-state index >= 15 is 0 Å². The molecule has 0 aliphatic heterocycles. The smallest absolute Gasteiger partial charge is 0.169 e.